The first-order chi connectivity index (χ1) is 12.1. The summed E-state index contributed by atoms with van der Waals surface area (Å²) in [6.07, 6.45) is -3.62. The Morgan fingerprint density at radius 2 is 2.00 bits per heavy atom. The minimum Gasteiger partial charge on any atom is -0.406 e. The predicted molar refractivity (Wildman–Crippen MR) is 79.5 cm³/mol. The van der Waals surface area contributed by atoms with Crippen LogP contribution in [-0.4, -0.2) is 53.1 Å². The minimum absolute atomic E-state index is 0.0221. The first-order valence-corrected chi connectivity index (χ1v) is 8.58. The minimum atomic E-state index is -4.92. The average Bonchev–Trinajstić information content (AvgIpc) is 2.93. The maximum Gasteiger partial charge on any atom is 0.573 e. The normalized spacial score (nSPS) is 16.3. The summed E-state index contributed by atoms with van der Waals surface area (Å²) in [6, 6.07) is 3.78. The Morgan fingerprint density at radius 3 is 2.58 bits per heavy atom. The Kier molecular flexibility index (Phi) is 4.36. The van der Waals surface area contributed by atoms with Crippen molar-refractivity contribution in [3.8, 4) is 5.75 Å². The average molecular weight is 391 g/mol. The maximum atomic E-state index is 12.5. The van der Waals surface area contributed by atoms with Gasteiger partial charge in [0.15, 0.2) is 5.69 Å². The van der Waals surface area contributed by atoms with Crippen LogP contribution in [-0.2, 0) is 10.0 Å². The first kappa shape index (κ1) is 18.1. The van der Waals surface area contributed by atoms with Gasteiger partial charge in [-0.1, -0.05) is 11.3 Å². The number of alkyl halides is 3. The number of nitrogens with zero attached hydrogens (tertiary/aromatic N) is 4. The molecule has 1 aromatic heterocycles. The lowest BCUT2D eigenvalue weighted by Gasteiger charge is -2.37. The molecule has 3 rings (SSSR count). The lowest BCUT2D eigenvalue weighted by molar-refractivity contribution is -0.274. The van der Waals surface area contributed by atoms with E-state index < -0.39 is 28.0 Å². The second-order valence-electron chi connectivity index (χ2n) is 5.45. The fourth-order valence-corrected chi connectivity index (χ4v) is 3.88. The van der Waals surface area contributed by atoms with Gasteiger partial charge in [0, 0.05) is 19.2 Å². The van der Waals surface area contributed by atoms with Gasteiger partial charge >= 0.3 is 6.36 Å². The molecule has 0 atom stereocenters. The van der Waals surface area contributed by atoms with E-state index in [1.807, 2.05) is 0 Å². The van der Waals surface area contributed by atoms with Gasteiger partial charge in [0.1, 0.15) is 5.75 Å². The molecule has 2 aromatic rings. The summed E-state index contributed by atoms with van der Waals surface area (Å²) in [7, 11) is -4.00. The van der Waals surface area contributed by atoms with Crippen LogP contribution in [0.3, 0.4) is 0 Å². The Hall–Kier alpha value is -2.67. The van der Waals surface area contributed by atoms with E-state index in [1.54, 1.807) is 0 Å². The van der Waals surface area contributed by atoms with Gasteiger partial charge in [-0.05, 0) is 12.1 Å². The third-order valence-corrected chi connectivity index (χ3v) is 5.47. The molecule has 1 fully saturated rings. The lowest BCUT2D eigenvalue weighted by atomic mass is 10.2. The van der Waals surface area contributed by atoms with E-state index in [-0.39, 0.29) is 29.7 Å². The van der Waals surface area contributed by atoms with Crippen LogP contribution in [0.2, 0.25) is 0 Å². The number of amides is 1. The van der Waals surface area contributed by atoms with Crippen molar-refractivity contribution >= 4 is 15.9 Å². The number of primary amides is 1. The highest BCUT2D eigenvalue weighted by molar-refractivity contribution is 7.89. The molecule has 1 saturated heterocycles. The van der Waals surface area contributed by atoms with Crippen LogP contribution < -0.4 is 10.5 Å². The molecule has 0 aliphatic carbocycles. The molecule has 0 bridgehead atoms. The molecule has 1 amide bonds. The number of aromatic nitrogens is 3. The molecule has 2 N–H and O–H groups in total. The van der Waals surface area contributed by atoms with Gasteiger partial charge in [-0.2, -0.15) is 4.31 Å². The molecule has 1 aromatic carbocycles. The number of rotatable bonds is 5. The Balaban J connectivity index is 1.72. The number of hydrogen-bond acceptors (Lipinski definition) is 6. The number of hydrogen-bond donors (Lipinski definition) is 1. The van der Waals surface area contributed by atoms with Crippen LogP contribution in [0.1, 0.15) is 16.5 Å². The van der Waals surface area contributed by atoms with Crippen molar-refractivity contribution in [3.05, 3.63) is 36.2 Å². The van der Waals surface area contributed by atoms with Crippen LogP contribution in [0.25, 0.3) is 0 Å². The summed E-state index contributed by atoms with van der Waals surface area (Å²) in [5, 5.41) is 7.26. The van der Waals surface area contributed by atoms with E-state index >= 15 is 0 Å². The highest BCUT2D eigenvalue weighted by Gasteiger charge is 2.39. The molecule has 13 heteroatoms. The zero-order valence-corrected chi connectivity index (χ0v) is 13.7. The van der Waals surface area contributed by atoms with Crippen molar-refractivity contribution in [2.24, 2.45) is 5.73 Å². The molecule has 0 spiro atoms. The number of benzene rings is 1. The molecule has 1 aliphatic rings. The molecule has 9 nitrogen and oxygen atoms in total. The van der Waals surface area contributed by atoms with E-state index in [2.05, 4.69) is 15.0 Å². The zero-order valence-electron chi connectivity index (χ0n) is 12.9. The Labute approximate surface area is 145 Å². The number of halogens is 3. The monoisotopic (exact) mass is 391 g/mol. The topological polar surface area (TPSA) is 120 Å². The smallest absolute Gasteiger partial charge is 0.406 e. The molecule has 26 heavy (non-hydrogen) atoms. The van der Waals surface area contributed by atoms with Crippen LogP contribution in [0.4, 0.5) is 13.2 Å². The lowest BCUT2D eigenvalue weighted by Crippen LogP contribution is -2.50. The standard InChI is InChI=1S/C13H12F3N5O4S/c14-13(15,16)25-9-2-1-3-10(4-9)26(23,24)20-5-8(6-20)21-7-11(12(17)22)18-19-21/h1-4,7-8H,5-6H2,(H2,17,22). The fourth-order valence-electron chi connectivity index (χ4n) is 2.33. The summed E-state index contributed by atoms with van der Waals surface area (Å²) in [6.45, 7) is 0.0441. The SMILES string of the molecule is NC(=O)c1cn(C2CN(S(=O)(=O)c3cccc(OC(F)(F)F)c3)C2)nn1. The third-order valence-electron chi connectivity index (χ3n) is 3.64. The van der Waals surface area contributed by atoms with E-state index in [0.29, 0.717) is 0 Å². The number of carbonyl (C=O) groups is 1. The van der Waals surface area contributed by atoms with Crippen molar-refractivity contribution in [2.75, 3.05) is 13.1 Å². The molecule has 1 aliphatic heterocycles. The van der Waals surface area contributed by atoms with E-state index in [0.717, 1.165) is 22.5 Å². The number of sulfonamides is 1. The quantitative estimate of drug-likeness (QED) is 0.793. The van der Waals surface area contributed by atoms with Crippen LogP contribution in [0.15, 0.2) is 35.4 Å². The van der Waals surface area contributed by atoms with Crippen LogP contribution in [0.5, 0.6) is 5.75 Å². The molecular weight excluding hydrogens is 379 g/mol. The van der Waals surface area contributed by atoms with Gasteiger partial charge in [-0.3, -0.25) is 4.79 Å². The van der Waals surface area contributed by atoms with Crippen molar-refractivity contribution in [1.29, 1.82) is 0 Å². The summed E-state index contributed by atoms with van der Waals surface area (Å²) in [5.74, 6) is -1.39. The second kappa shape index (κ2) is 6.25. The first-order valence-electron chi connectivity index (χ1n) is 7.14. The van der Waals surface area contributed by atoms with Crippen LogP contribution in [0, 0.1) is 0 Å². The molecule has 2 heterocycles. The molecule has 0 unspecified atom stereocenters. The van der Waals surface area contributed by atoms with Gasteiger partial charge in [-0.15, -0.1) is 18.3 Å². The van der Waals surface area contributed by atoms with Crippen molar-refractivity contribution in [3.63, 3.8) is 0 Å². The zero-order chi connectivity index (χ0) is 19.1. The fraction of sp³-hybridized carbons (Fsp3) is 0.308. The predicted octanol–water partition coefficient (Wildman–Crippen LogP) is 0.521. The van der Waals surface area contributed by atoms with Gasteiger partial charge in [0.25, 0.3) is 5.91 Å². The maximum absolute atomic E-state index is 12.5. The largest absolute Gasteiger partial charge is 0.573 e. The van der Waals surface area contributed by atoms with Gasteiger partial charge in [0.2, 0.25) is 10.0 Å². The van der Waals surface area contributed by atoms with Crippen molar-refractivity contribution in [2.45, 2.75) is 17.3 Å². The highest BCUT2D eigenvalue weighted by atomic mass is 32.2. The summed E-state index contributed by atoms with van der Waals surface area (Å²) >= 11 is 0. The summed E-state index contributed by atoms with van der Waals surface area (Å²) in [4.78, 5) is 10.7. The van der Waals surface area contributed by atoms with Crippen molar-refractivity contribution < 1.29 is 31.1 Å². The Bertz CT molecular complexity index is 937. The van der Waals surface area contributed by atoms with Gasteiger partial charge < -0.3 is 10.5 Å². The second-order valence-corrected chi connectivity index (χ2v) is 7.38. The summed E-state index contributed by atoms with van der Waals surface area (Å²) in [5.41, 5.74) is 5.01. The van der Waals surface area contributed by atoms with Crippen LogP contribution >= 0.6 is 0 Å². The van der Waals surface area contributed by atoms with Gasteiger partial charge in [-0.25, -0.2) is 13.1 Å². The number of carbonyl (C=O) groups excluding carboxylic acids is 1. The number of ether oxygens (including phenoxy) is 1. The van der Waals surface area contributed by atoms with E-state index in [9.17, 15) is 26.4 Å². The van der Waals surface area contributed by atoms with E-state index in [1.165, 1.54) is 16.9 Å². The highest BCUT2D eigenvalue weighted by Crippen LogP contribution is 2.30. The third kappa shape index (κ3) is 3.62. The summed E-state index contributed by atoms with van der Waals surface area (Å²) < 4.78 is 67.9. The van der Waals surface area contributed by atoms with Gasteiger partial charge in [0.05, 0.1) is 17.1 Å². The molecule has 140 valence electrons. The molecule has 0 saturated carbocycles. The Morgan fingerprint density at radius 1 is 1.31 bits per heavy atom. The molecular formula is C13H12F3N5O4S. The number of nitrogens with two attached hydrogens (primary N) is 1. The van der Waals surface area contributed by atoms with E-state index in [4.69, 9.17) is 5.73 Å². The molecule has 0 radical (unpaired) electrons. The van der Waals surface area contributed by atoms with Crippen molar-refractivity contribution in [1.82, 2.24) is 19.3 Å².